The Bertz CT molecular complexity index is 1150. The molecule has 0 atom stereocenters. The molecule has 0 amide bonds. The van der Waals surface area contributed by atoms with Gasteiger partial charge in [-0.25, -0.2) is 4.57 Å². The van der Waals surface area contributed by atoms with E-state index in [4.69, 9.17) is 8.22 Å². The summed E-state index contributed by atoms with van der Waals surface area (Å²) in [5, 5.41) is 2.08. The lowest BCUT2D eigenvalue weighted by atomic mass is 9.92. The summed E-state index contributed by atoms with van der Waals surface area (Å²) in [4.78, 5) is 0. The fourth-order valence-corrected chi connectivity index (χ4v) is 4.39. The van der Waals surface area contributed by atoms with Crippen molar-refractivity contribution in [1.29, 1.82) is 0 Å². The zero-order valence-electron chi connectivity index (χ0n) is 21.6. The molecule has 0 spiro atoms. The molecule has 0 N–H and O–H groups in total. The SMILES string of the molecule is [2H]C([2H])([2H])c1cc(-c2c3ccc(CC4CCCC4)cc3cc[n+]2C)c(C)c(C([2H])([2H])[2H])c1. The number of aryl methyl sites for hydroxylation is 3. The van der Waals surface area contributed by atoms with Gasteiger partial charge in [-0.2, -0.15) is 0 Å². The summed E-state index contributed by atoms with van der Waals surface area (Å²) in [5.74, 6) is 0.756. The van der Waals surface area contributed by atoms with Gasteiger partial charge in [0.25, 0.3) is 0 Å². The lowest BCUT2D eigenvalue weighted by Crippen LogP contribution is -2.30. The maximum Gasteiger partial charge on any atom is 0.220 e. The summed E-state index contributed by atoms with van der Waals surface area (Å²) in [7, 11) is 1.91. The Balaban J connectivity index is 1.91. The minimum absolute atomic E-state index is 0.0547. The first kappa shape index (κ1) is 11.5. The van der Waals surface area contributed by atoms with E-state index in [0.29, 0.717) is 11.1 Å². The zero-order chi connectivity index (χ0) is 23.3. The Kier molecular flexibility index (Phi) is 3.05. The number of fused-ring (bicyclic) bond motifs is 1. The monoisotopic (exact) mass is 350 g/mol. The third-order valence-corrected chi connectivity index (χ3v) is 5.86. The molecule has 1 heterocycles. The van der Waals surface area contributed by atoms with E-state index < -0.39 is 13.7 Å². The molecule has 3 aromatic rings. The predicted molar refractivity (Wildman–Crippen MR) is 110 cm³/mol. The lowest BCUT2D eigenvalue weighted by Gasteiger charge is -2.13. The molecule has 26 heavy (non-hydrogen) atoms. The number of pyridine rings is 1. The second-order valence-electron chi connectivity index (χ2n) is 7.75. The summed E-state index contributed by atoms with van der Waals surface area (Å²) < 4.78 is 49.6. The van der Waals surface area contributed by atoms with Gasteiger partial charge in [0, 0.05) is 14.3 Å². The Morgan fingerprint density at radius 2 is 1.92 bits per heavy atom. The van der Waals surface area contributed by atoms with Gasteiger partial charge in [-0.1, -0.05) is 49.4 Å². The first-order valence-electron chi connectivity index (χ1n) is 12.5. The van der Waals surface area contributed by atoms with Crippen LogP contribution in [-0.2, 0) is 13.5 Å². The van der Waals surface area contributed by atoms with Crippen molar-refractivity contribution in [3.8, 4) is 11.3 Å². The summed E-state index contributed by atoms with van der Waals surface area (Å²) in [6.45, 7) is -3.01. The highest BCUT2D eigenvalue weighted by atomic mass is 14.9. The van der Waals surface area contributed by atoms with Crippen LogP contribution >= 0.6 is 0 Å². The van der Waals surface area contributed by atoms with Gasteiger partial charge in [-0.3, -0.25) is 0 Å². The second-order valence-corrected chi connectivity index (χ2v) is 7.75. The molecule has 1 aliphatic carbocycles. The molecule has 0 unspecified atom stereocenters. The molecule has 1 nitrogen and oxygen atoms in total. The normalized spacial score (nSPS) is 19.5. The van der Waals surface area contributed by atoms with Crippen LogP contribution in [0.15, 0.2) is 42.6 Å². The van der Waals surface area contributed by atoms with E-state index >= 15 is 0 Å². The van der Waals surface area contributed by atoms with Crippen molar-refractivity contribution >= 4 is 10.8 Å². The van der Waals surface area contributed by atoms with Crippen molar-refractivity contribution < 1.29 is 12.8 Å². The molecule has 1 aliphatic rings. The summed E-state index contributed by atoms with van der Waals surface area (Å²) in [6, 6.07) is 11.5. The van der Waals surface area contributed by atoms with Crippen LogP contribution in [0.2, 0.25) is 0 Å². The second kappa shape index (κ2) is 6.87. The summed E-state index contributed by atoms with van der Waals surface area (Å²) in [5.41, 5.74) is 3.55. The van der Waals surface area contributed by atoms with Gasteiger partial charge < -0.3 is 0 Å². The van der Waals surface area contributed by atoms with E-state index in [1.165, 1.54) is 37.3 Å². The lowest BCUT2D eigenvalue weighted by molar-refractivity contribution is -0.659. The number of hydrogen-bond donors (Lipinski definition) is 0. The van der Waals surface area contributed by atoms with Gasteiger partial charge in [-0.05, 0) is 67.2 Å². The average Bonchev–Trinajstić information content (AvgIpc) is 3.20. The number of aromatic nitrogens is 1. The van der Waals surface area contributed by atoms with E-state index in [1.54, 1.807) is 13.0 Å². The summed E-state index contributed by atoms with van der Waals surface area (Å²) in [6.07, 6.45) is 8.29. The molecule has 1 fully saturated rings. The molecule has 1 aromatic heterocycles. The molecule has 0 aliphatic heterocycles. The van der Waals surface area contributed by atoms with Crippen LogP contribution < -0.4 is 4.57 Å². The molecule has 1 heteroatoms. The number of benzene rings is 2. The predicted octanol–water partition coefficient (Wildman–Crippen LogP) is 5.99. The molecule has 0 bridgehead atoms. The van der Waals surface area contributed by atoms with Crippen molar-refractivity contribution in [2.45, 2.75) is 52.7 Å². The Hall–Kier alpha value is -2.15. The van der Waals surface area contributed by atoms with E-state index in [1.807, 2.05) is 17.8 Å². The minimum Gasteiger partial charge on any atom is -0.200 e. The van der Waals surface area contributed by atoms with Gasteiger partial charge in [-0.15, -0.1) is 0 Å². The molecule has 0 radical (unpaired) electrons. The zero-order valence-corrected chi connectivity index (χ0v) is 15.6. The Labute approximate surface area is 166 Å². The highest BCUT2D eigenvalue weighted by molar-refractivity contribution is 5.94. The van der Waals surface area contributed by atoms with E-state index in [0.717, 1.165) is 28.8 Å². The van der Waals surface area contributed by atoms with E-state index in [-0.39, 0.29) is 11.1 Å². The third-order valence-electron chi connectivity index (χ3n) is 5.86. The van der Waals surface area contributed by atoms with Crippen LogP contribution in [0.1, 0.15) is 56.2 Å². The molecular formula is C25H30N+. The molecular weight excluding hydrogens is 314 g/mol. The fraction of sp³-hybridized carbons (Fsp3) is 0.400. The van der Waals surface area contributed by atoms with Gasteiger partial charge in [0.2, 0.25) is 5.69 Å². The van der Waals surface area contributed by atoms with Gasteiger partial charge in [0.15, 0.2) is 6.20 Å². The fourth-order valence-electron chi connectivity index (χ4n) is 4.39. The number of rotatable bonds is 3. The van der Waals surface area contributed by atoms with Gasteiger partial charge >= 0.3 is 0 Å². The Morgan fingerprint density at radius 3 is 2.69 bits per heavy atom. The van der Waals surface area contributed by atoms with Crippen LogP contribution in [0.5, 0.6) is 0 Å². The van der Waals surface area contributed by atoms with Crippen LogP contribution in [-0.4, -0.2) is 0 Å². The van der Waals surface area contributed by atoms with Crippen LogP contribution in [0.4, 0.5) is 0 Å². The highest BCUT2D eigenvalue weighted by Crippen LogP contribution is 2.32. The standard InChI is InChI=1S/C25H30N/c1-17-13-18(2)19(3)24(14-17)25-23-10-9-21(15-20-7-5-6-8-20)16-22(23)11-12-26(25)4/h9-14,16,20H,5-8,15H2,1-4H3/q+1/i1D3,2D3. The maximum atomic E-state index is 7.97. The average molecular weight is 351 g/mol. The summed E-state index contributed by atoms with van der Waals surface area (Å²) >= 11 is 0. The van der Waals surface area contributed by atoms with E-state index in [9.17, 15) is 0 Å². The molecule has 134 valence electrons. The molecule has 0 saturated heterocycles. The minimum atomic E-state index is -2.39. The van der Waals surface area contributed by atoms with Crippen LogP contribution in [0, 0.1) is 26.5 Å². The first-order valence-corrected chi connectivity index (χ1v) is 9.52. The topological polar surface area (TPSA) is 3.88 Å². The van der Waals surface area contributed by atoms with E-state index in [2.05, 4.69) is 24.3 Å². The van der Waals surface area contributed by atoms with Crippen molar-refractivity contribution in [3.63, 3.8) is 0 Å². The molecule has 2 aromatic carbocycles. The smallest absolute Gasteiger partial charge is 0.200 e. The largest absolute Gasteiger partial charge is 0.220 e. The molecule has 1 saturated carbocycles. The first-order chi connectivity index (χ1) is 14.9. The number of hydrogen-bond acceptors (Lipinski definition) is 0. The maximum absolute atomic E-state index is 7.97. The van der Waals surface area contributed by atoms with Crippen molar-refractivity contribution in [2.24, 2.45) is 13.0 Å². The Morgan fingerprint density at radius 1 is 1.08 bits per heavy atom. The van der Waals surface area contributed by atoms with Gasteiger partial charge in [0.05, 0.1) is 10.9 Å². The quantitative estimate of drug-likeness (QED) is 0.511. The van der Waals surface area contributed by atoms with Crippen LogP contribution in [0.3, 0.4) is 0 Å². The van der Waals surface area contributed by atoms with Crippen molar-refractivity contribution in [1.82, 2.24) is 0 Å². The van der Waals surface area contributed by atoms with Crippen molar-refractivity contribution in [3.05, 3.63) is 64.8 Å². The molecule has 4 rings (SSSR count). The van der Waals surface area contributed by atoms with Crippen LogP contribution in [0.25, 0.3) is 22.0 Å². The number of nitrogens with zero attached hydrogens (tertiary/aromatic N) is 1. The van der Waals surface area contributed by atoms with Gasteiger partial charge in [0.1, 0.15) is 7.05 Å². The highest BCUT2D eigenvalue weighted by Gasteiger charge is 2.20. The van der Waals surface area contributed by atoms with Crippen molar-refractivity contribution in [2.75, 3.05) is 0 Å². The third kappa shape index (κ3) is 3.16.